The Balaban J connectivity index is 1.68. The van der Waals surface area contributed by atoms with Crippen molar-refractivity contribution in [2.24, 2.45) is 10.7 Å². The number of hydrogen-bond acceptors (Lipinski definition) is 8. The Hall–Kier alpha value is -3.06. The molecular weight excluding hydrogens is 562 g/mol. The lowest BCUT2D eigenvalue weighted by molar-refractivity contribution is -0.131. The second-order valence-electron chi connectivity index (χ2n) is 13.3. The van der Waals surface area contributed by atoms with Crippen molar-refractivity contribution in [1.29, 1.82) is 0 Å². The summed E-state index contributed by atoms with van der Waals surface area (Å²) in [4.78, 5) is 29.3. The van der Waals surface area contributed by atoms with Crippen molar-refractivity contribution in [3.05, 3.63) is 22.3 Å². The van der Waals surface area contributed by atoms with Gasteiger partial charge in [-0.1, -0.05) is 0 Å². The predicted octanol–water partition coefficient (Wildman–Crippen LogP) is 2.62. The summed E-state index contributed by atoms with van der Waals surface area (Å²) in [5.41, 5.74) is 7.25. The Bertz CT molecular complexity index is 1360. The number of benzene rings is 1. The lowest BCUT2D eigenvalue weighted by Gasteiger charge is -2.27. The van der Waals surface area contributed by atoms with E-state index in [0.717, 1.165) is 29.7 Å². The van der Waals surface area contributed by atoms with Gasteiger partial charge >= 0.3 is 6.09 Å². The Morgan fingerprint density at radius 1 is 1.12 bits per heavy atom. The van der Waals surface area contributed by atoms with E-state index in [0.29, 0.717) is 17.5 Å². The molecule has 12 nitrogen and oxygen atoms in total. The number of aliphatic imine (C=N–C) groups is 1. The molecule has 0 radical (unpaired) electrons. The number of hydrogen-bond donors (Lipinski definition) is 5. The molecule has 0 bridgehead atoms. The van der Waals surface area contributed by atoms with E-state index in [1.165, 1.54) is 0 Å². The number of alkyl carbamates (subject to hydrolysis) is 1. The molecule has 1 unspecified atom stereocenters. The van der Waals surface area contributed by atoms with Crippen LogP contribution in [0.3, 0.4) is 0 Å². The number of nitrogens with zero attached hydrogens (tertiary/aromatic N) is 1. The van der Waals surface area contributed by atoms with Crippen molar-refractivity contribution in [3.8, 4) is 5.75 Å². The Morgan fingerprint density at radius 3 is 2.31 bits per heavy atom. The van der Waals surface area contributed by atoms with Crippen LogP contribution >= 0.6 is 0 Å². The number of guanidine groups is 1. The van der Waals surface area contributed by atoms with Crippen LogP contribution in [0.2, 0.25) is 0 Å². The maximum atomic E-state index is 13.4. The van der Waals surface area contributed by atoms with E-state index in [4.69, 9.17) is 15.2 Å². The minimum atomic E-state index is -4.05. The van der Waals surface area contributed by atoms with Gasteiger partial charge in [0.1, 0.15) is 17.0 Å². The van der Waals surface area contributed by atoms with Crippen LogP contribution in [0.15, 0.2) is 9.89 Å². The zero-order valence-corrected chi connectivity index (χ0v) is 27.0. The third-order valence-corrected chi connectivity index (χ3v) is 9.16. The summed E-state index contributed by atoms with van der Waals surface area (Å²) in [7, 11) is -4.05. The van der Waals surface area contributed by atoms with Crippen molar-refractivity contribution in [2.75, 3.05) is 6.54 Å². The monoisotopic (exact) mass is 609 g/mol. The molecule has 1 aliphatic heterocycles. The fourth-order valence-corrected chi connectivity index (χ4v) is 6.54. The number of carbonyl (C=O) groups is 2. The number of sulfonamides is 1. The lowest BCUT2D eigenvalue weighted by Crippen LogP contribution is -2.53. The van der Waals surface area contributed by atoms with E-state index in [2.05, 4.69) is 20.3 Å². The average molecular weight is 610 g/mol. The minimum Gasteiger partial charge on any atom is -0.487 e. The fourth-order valence-electron chi connectivity index (χ4n) is 5.01. The summed E-state index contributed by atoms with van der Waals surface area (Å²) >= 11 is 0. The molecule has 42 heavy (non-hydrogen) atoms. The first kappa shape index (κ1) is 33.4. The molecule has 13 heteroatoms. The largest absolute Gasteiger partial charge is 0.487 e. The van der Waals surface area contributed by atoms with Gasteiger partial charge in [0.05, 0.1) is 10.9 Å². The van der Waals surface area contributed by atoms with E-state index in [1.807, 2.05) is 27.7 Å². The molecule has 0 saturated heterocycles. The number of carbonyl (C=O) groups excluding carboxylic acids is 2. The van der Waals surface area contributed by atoms with E-state index in [-0.39, 0.29) is 35.8 Å². The van der Waals surface area contributed by atoms with Crippen molar-refractivity contribution < 1.29 is 32.6 Å². The molecule has 2 amide bonds. The maximum absolute atomic E-state index is 13.4. The highest BCUT2D eigenvalue weighted by Crippen LogP contribution is 2.43. The standard InChI is InChI=1S/C29H47N5O7S/c1-16-17(2)23(18(3)19-15-28(7,8)40-22(16)19)42(38,39)34-25(30)31-14-10-11-20(32-26(37)41-27(4,5)6)21(35)24(36)33-29(9)12-13-29/h20-21,35H,10-15H2,1-9H3,(H,32,37)(H,33,36)(H3,30,31,34)/t20-,21?/m0/s1. The molecule has 3 rings (SSSR count). The number of ether oxygens (including phenoxy) is 2. The summed E-state index contributed by atoms with van der Waals surface area (Å²) < 4.78 is 40.6. The smallest absolute Gasteiger partial charge is 0.407 e. The molecule has 1 aromatic carbocycles. The number of amides is 2. The maximum Gasteiger partial charge on any atom is 0.407 e. The number of rotatable bonds is 10. The van der Waals surface area contributed by atoms with Gasteiger partial charge in [-0.25, -0.2) is 17.9 Å². The van der Waals surface area contributed by atoms with Crippen molar-refractivity contribution >= 4 is 28.0 Å². The highest BCUT2D eigenvalue weighted by molar-refractivity contribution is 7.90. The molecule has 1 aromatic rings. The van der Waals surface area contributed by atoms with Gasteiger partial charge in [0.25, 0.3) is 15.9 Å². The number of aliphatic hydroxyl groups excluding tert-OH is 1. The van der Waals surface area contributed by atoms with Crippen LogP contribution < -0.4 is 25.8 Å². The third-order valence-electron chi connectivity index (χ3n) is 7.53. The molecule has 236 valence electrons. The first-order chi connectivity index (χ1) is 19.1. The predicted molar refractivity (Wildman–Crippen MR) is 160 cm³/mol. The molecule has 1 fully saturated rings. The third kappa shape index (κ3) is 8.27. The molecule has 0 spiro atoms. The van der Waals surface area contributed by atoms with Crippen molar-refractivity contribution in [1.82, 2.24) is 15.4 Å². The van der Waals surface area contributed by atoms with Gasteiger partial charge in [0.2, 0.25) is 5.96 Å². The van der Waals surface area contributed by atoms with Crippen LogP contribution in [0, 0.1) is 20.8 Å². The molecule has 1 heterocycles. The zero-order chi connectivity index (χ0) is 31.8. The highest BCUT2D eigenvalue weighted by Gasteiger charge is 2.41. The lowest BCUT2D eigenvalue weighted by atomic mass is 9.94. The van der Waals surface area contributed by atoms with Crippen molar-refractivity contribution in [3.63, 3.8) is 0 Å². The summed E-state index contributed by atoms with van der Waals surface area (Å²) in [6.07, 6.45) is 0.377. The molecule has 2 aliphatic rings. The van der Waals surface area contributed by atoms with Crippen LogP contribution in [0.4, 0.5) is 4.79 Å². The van der Waals surface area contributed by atoms with E-state index in [9.17, 15) is 23.1 Å². The van der Waals surface area contributed by atoms with E-state index in [1.54, 1.807) is 34.6 Å². The summed E-state index contributed by atoms with van der Waals surface area (Å²) in [6, 6.07) is -0.957. The summed E-state index contributed by atoms with van der Waals surface area (Å²) in [5.74, 6) is -0.150. The number of aliphatic hydroxyl groups is 1. The topological polar surface area (TPSA) is 181 Å². The normalized spacial score (nSPS) is 18.8. The Kier molecular flexibility index (Phi) is 9.48. The minimum absolute atomic E-state index is 0.0795. The Morgan fingerprint density at radius 2 is 1.74 bits per heavy atom. The van der Waals surface area contributed by atoms with Gasteiger partial charge in [-0.3, -0.25) is 9.79 Å². The van der Waals surface area contributed by atoms with Gasteiger partial charge in [-0.2, -0.15) is 0 Å². The van der Waals surface area contributed by atoms with Crippen molar-refractivity contribution in [2.45, 2.75) is 128 Å². The average Bonchev–Trinajstić information content (AvgIpc) is 3.45. The van der Waals surface area contributed by atoms with E-state index >= 15 is 0 Å². The number of nitrogens with one attached hydrogen (secondary N) is 3. The zero-order valence-electron chi connectivity index (χ0n) is 26.2. The van der Waals surface area contributed by atoms with Gasteiger partial charge < -0.3 is 30.9 Å². The van der Waals surface area contributed by atoms with Crippen LogP contribution in [0.5, 0.6) is 5.75 Å². The van der Waals surface area contributed by atoms with E-state index < -0.39 is 45.4 Å². The van der Waals surface area contributed by atoms with Gasteiger partial charge in [0.15, 0.2) is 6.10 Å². The molecule has 1 aliphatic carbocycles. The Labute approximate surface area is 249 Å². The molecular formula is C29H47N5O7S. The van der Waals surface area contributed by atoms with Crippen LogP contribution in [0.1, 0.15) is 89.5 Å². The second kappa shape index (κ2) is 11.9. The molecule has 1 saturated carbocycles. The fraction of sp³-hybridized carbons (Fsp3) is 0.690. The number of fused-ring (bicyclic) bond motifs is 1. The summed E-state index contributed by atoms with van der Waals surface area (Å²) in [6.45, 7) is 16.4. The van der Waals surface area contributed by atoms with Gasteiger partial charge in [-0.05, 0) is 105 Å². The molecule has 6 N–H and O–H groups in total. The molecule has 2 atom stereocenters. The second-order valence-corrected chi connectivity index (χ2v) is 14.9. The van der Waals surface area contributed by atoms with Crippen LogP contribution in [-0.2, 0) is 26.0 Å². The quantitative estimate of drug-likeness (QED) is 0.152. The van der Waals surface area contributed by atoms with Gasteiger partial charge in [-0.15, -0.1) is 0 Å². The highest BCUT2D eigenvalue weighted by atomic mass is 32.2. The van der Waals surface area contributed by atoms with Crippen LogP contribution in [-0.4, -0.2) is 66.9 Å². The molecule has 0 aromatic heterocycles. The van der Waals surface area contributed by atoms with Crippen LogP contribution in [0.25, 0.3) is 0 Å². The SMILES string of the molecule is Cc1c(C)c(S(=O)(=O)NC(N)=NCCC[C@H](NC(=O)OC(C)(C)C)C(O)C(=O)NC2(C)CC2)c(C)c2c1OC(C)(C)C2. The first-order valence-electron chi connectivity index (χ1n) is 14.3. The van der Waals surface area contributed by atoms with Gasteiger partial charge in [0, 0.05) is 24.1 Å². The first-order valence-corrected chi connectivity index (χ1v) is 15.8. The summed E-state index contributed by atoms with van der Waals surface area (Å²) in [5, 5.41) is 16.1. The number of nitrogens with two attached hydrogens (primary N) is 1.